The van der Waals surface area contributed by atoms with E-state index < -0.39 is 0 Å². The number of fused-ring (bicyclic) bond motifs is 21. The molecule has 3 aromatic heterocycles. The third-order valence-electron chi connectivity index (χ3n) is 19.3. The minimum absolute atomic E-state index is 1.12. The summed E-state index contributed by atoms with van der Waals surface area (Å²) in [5.41, 5.74) is 12.8. The maximum absolute atomic E-state index is 2.43. The first-order valence-corrected chi connectivity index (χ1v) is 34.1. The van der Waals surface area contributed by atoms with Gasteiger partial charge in [0.1, 0.15) is 0 Å². The Morgan fingerprint density at radius 1 is 0.232 bits per heavy atom. The molecule has 0 saturated carbocycles. The summed E-state index contributed by atoms with van der Waals surface area (Å²) in [5, 5.41) is 23.3. The molecule has 0 saturated heterocycles. The van der Waals surface area contributed by atoms with Crippen molar-refractivity contribution in [1.29, 1.82) is 0 Å². The van der Waals surface area contributed by atoms with E-state index in [1.165, 1.54) is 138 Å². The minimum atomic E-state index is 1.12. The molecule has 0 aliphatic carbocycles. The van der Waals surface area contributed by atoms with E-state index in [9.17, 15) is 0 Å². The smallest absolute Gasteiger partial charge is 0.0782 e. The molecule has 17 aromatic carbocycles. The maximum atomic E-state index is 2.43. The fraction of sp³-hybridized carbons (Fsp3) is 0. The number of benzene rings is 17. The highest BCUT2D eigenvalue weighted by Gasteiger charge is 2.23. The summed E-state index contributed by atoms with van der Waals surface area (Å²) in [6.45, 7) is 0. The van der Waals surface area contributed by atoms with E-state index in [4.69, 9.17) is 0 Å². The largest absolute Gasteiger partial charge is 0.310 e. The molecule has 0 unspecified atom stereocenters. The lowest BCUT2D eigenvalue weighted by Gasteiger charge is -2.27. The normalized spacial score (nSPS) is 11.8. The van der Waals surface area contributed by atoms with Gasteiger partial charge >= 0.3 is 0 Å². The molecule has 0 amide bonds. The number of para-hydroxylation sites is 5. The van der Waals surface area contributed by atoms with E-state index in [0.29, 0.717) is 0 Å². The highest BCUT2D eigenvalue weighted by atomic mass is 32.1. The summed E-state index contributed by atoms with van der Waals surface area (Å²) in [4.78, 5) is 4.77. The molecule has 0 aliphatic heterocycles. The average molecular weight is 1240 g/mol. The van der Waals surface area contributed by atoms with Crippen LogP contribution < -0.4 is 9.80 Å². The van der Waals surface area contributed by atoms with E-state index in [-0.39, 0.29) is 0 Å². The fourth-order valence-corrected chi connectivity index (χ4v) is 17.4. The van der Waals surface area contributed by atoms with Gasteiger partial charge in [-0.15, -0.1) is 22.7 Å². The molecule has 0 bridgehead atoms. The molecule has 444 valence electrons. The quantitative estimate of drug-likeness (QED) is 0.141. The Hall–Kier alpha value is -11.9. The predicted octanol–water partition coefficient (Wildman–Crippen LogP) is 26.7. The van der Waals surface area contributed by atoms with E-state index in [2.05, 4.69) is 360 Å². The number of hydrogen-bond donors (Lipinski definition) is 0. The monoisotopic (exact) mass is 1240 g/mol. The van der Waals surface area contributed by atoms with Crippen LogP contribution in [0.25, 0.3) is 144 Å². The molecule has 5 heteroatoms. The Labute approximate surface area is 556 Å². The number of hydrogen-bond acceptors (Lipinski definition) is 4. The van der Waals surface area contributed by atoms with Gasteiger partial charge in [-0.3, -0.25) is 0 Å². The van der Waals surface area contributed by atoms with Crippen molar-refractivity contribution in [1.82, 2.24) is 4.57 Å². The molecule has 95 heavy (non-hydrogen) atoms. The van der Waals surface area contributed by atoms with Crippen molar-refractivity contribution >= 4 is 184 Å². The van der Waals surface area contributed by atoms with Crippen molar-refractivity contribution in [2.24, 2.45) is 0 Å². The van der Waals surface area contributed by atoms with E-state index >= 15 is 0 Å². The summed E-state index contributed by atoms with van der Waals surface area (Å²) >= 11 is 3.78. The molecule has 20 aromatic rings. The van der Waals surface area contributed by atoms with Gasteiger partial charge in [-0.25, -0.2) is 0 Å². The van der Waals surface area contributed by atoms with Gasteiger partial charge in [0.05, 0.1) is 16.7 Å². The Kier molecular flexibility index (Phi) is 13.0. The van der Waals surface area contributed by atoms with Crippen LogP contribution in [0.4, 0.5) is 34.1 Å². The predicted molar refractivity (Wildman–Crippen MR) is 413 cm³/mol. The fourth-order valence-electron chi connectivity index (χ4n) is 15.1. The number of thiophene rings is 2. The summed E-state index contributed by atoms with van der Waals surface area (Å²) in [5.74, 6) is 0. The first-order chi connectivity index (χ1) is 47.1. The van der Waals surface area contributed by atoms with E-state index in [0.717, 1.165) is 39.8 Å². The van der Waals surface area contributed by atoms with Gasteiger partial charge < -0.3 is 14.4 Å². The standard InChI is InChI=1S/C48H30N2S.C42H27NS/c1-3-12-33(13-4-1)49(43-20-11-18-40-37-16-7-9-19-42(37)50(48(40)43)34-14-5-2-6-15-34)35-25-27-36-32(30-35)23-22-31-24-26-39-38(46(31)36)28-29-45-47(39)41-17-8-10-21-44(41)51-45;1-3-9-28(10-4-1)29-17-20-33(21-18-29)43(32-11-5-2-6-12-32)34-22-24-35-31(27-34)16-15-30-19-23-39-37(41(30)35)25-26-38-36-13-7-8-14-40(36)44-42(38)39/h1-30H;1-27H. The van der Waals surface area contributed by atoms with Gasteiger partial charge in [0.25, 0.3) is 0 Å². The van der Waals surface area contributed by atoms with Crippen molar-refractivity contribution in [3.05, 3.63) is 346 Å². The summed E-state index contributed by atoms with van der Waals surface area (Å²) in [6, 6.07) is 126. The van der Waals surface area contributed by atoms with Gasteiger partial charge in [0.15, 0.2) is 0 Å². The lowest BCUT2D eigenvalue weighted by atomic mass is 9.94. The summed E-state index contributed by atoms with van der Waals surface area (Å²) in [6.07, 6.45) is 0. The van der Waals surface area contributed by atoms with Crippen LogP contribution in [0.5, 0.6) is 0 Å². The van der Waals surface area contributed by atoms with Crippen LogP contribution >= 0.6 is 22.7 Å². The minimum Gasteiger partial charge on any atom is -0.310 e. The van der Waals surface area contributed by atoms with Gasteiger partial charge in [0.2, 0.25) is 0 Å². The molecular formula is C90H57N3S2. The first kappa shape index (κ1) is 54.8. The lowest BCUT2D eigenvalue weighted by Crippen LogP contribution is -2.11. The van der Waals surface area contributed by atoms with Gasteiger partial charge in [-0.05, 0) is 174 Å². The van der Waals surface area contributed by atoms with E-state index in [1.807, 2.05) is 22.7 Å². The molecule has 3 nitrogen and oxygen atoms in total. The Morgan fingerprint density at radius 3 is 1.37 bits per heavy atom. The molecule has 0 N–H and O–H groups in total. The Balaban J connectivity index is 0.000000136. The SMILES string of the molecule is c1ccc(-c2ccc(N(c3ccccc3)c3ccc4c(ccc5ccc6c(ccc7c8ccccc8sc76)c54)c3)cc2)cc1.c1ccc(N(c2ccc3c(ccc4ccc5c(ccc6sc7ccccc7c65)c43)c2)c2cccc3c4ccccc4n(-c4ccccc4)c23)cc1. The average Bonchev–Trinajstić information content (AvgIpc) is 1.69. The Morgan fingerprint density at radius 2 is 0.674 bits per heavy atom. The second-order valence-corrected chi connectivity index (χ2v) is 26.8. The molecule has 3 heterocycles. The number of nitrogens with zero attached hydrogens (tertiary/aromatic N) is 3. The van der Waals surface area contributed by atoms with Crippen LogP contribution in [0.15, 0.2) is 346 Å². The Bertz CT molecular complexity index is 6390. The second-order valence-electron chi connectivity index (χ2n) is 24.7. The van der Waals surface area contributed by atoms with Gasteiger partial charge in [-0.2, -0.15) is 0 Å². The highest BCUT2D eigenvalue weighted by Crippen LogP contribution is 2.48. The van der Waals surface area contributed by atoms with Crippen molar-refractivity contribution in [3.8, 4) is 16.8 Å². The van der Waals surface area contributed by atoms with Crippen LogP contribution in [0, 0.1) is 0 Å². The van der Waals surface area contributed by atoms with Crippen LogP contribution in [-0.4, -0.2) is 4.57 Å². The number of aromatic nitrogens is 1. The number of rotatable bonds is 8. The molecule has 20 rings (SSSR count). The molecule has 0 spiro atoms. The third kappa shape index (κ3) is 9.07. The van der Waals surface area contributed by atoms with Gasteiger partial charge in [0, 0.05) is 90.6 Å². The van der Waals surface area contributed by atoms with Crippen LogP contribution in [0.1, 0.15) is 0 Å². The zero-order chi connectivity index (χ0) is 62.5. The molecule has 0 aliphatic rings. The zero-order valence-corrected chi connectivity index (χ0v) is 53.2. The second kappa shape index (κ2) is 22.5. The molecule has 0 atom stereocenters. The van der Waals surface area contributed by atoms with Crippen LogP contribution in [-0.2, 0) is 0 Å². The van der Waals surface area contributed by atoms with Crippen LogP contribution in [0.2, 0.25) is 0 Å². The van der Waals surface area contributed by atoms with E-state index in [1.54, 1.807) is 0 Å². The topological polar surface area (TPSA) is 11.4 Å². The zero-order valence-electron chi connectivity index (χ0n) is 51.6. The van der Waals surface area contributed by atoms with Crippen molar-refractivity contribution in [2.45, 2.75) is 0 Å². The van der Waals surface area contributed by atoms with Crippen LogP contribution in [0.3, 0.4) is 0 Å². The number of anilines is 6. The molecular weight excluding hydrogens is 1190 g/mol. The molecule has 0 radical (unpaired) electrons. The first-order valence-electron chi connectivity index (χ1n) is 32.5. The van der Waals surface area contributed by atoms with Crippen molar-refractivity contribution < 1.29 is 0 Å². The summed E-state index contributed by atoms with van der Waals surface area (Å²) in [7, 11) is 0. The molecule has 0 fully saturated rings. The maximum Gasteiger partial charge on any atom is 0.0782 e. The highest BCUT2D eigenvalue weighted by molar-refractivity contribution is 7.27. The van der Waals surface area contributed by atoms with Crippen molar-refractivity contribution in [3.63, 3.8) is 0 Å². The lowest BCUT2D eigenvalue weighted by molar-refractivity contribution is 1.17. The third-order valence-corrected chi connectivity index (χ3v) is 21.7. The van der Waals surface area contributed by atoms with Gasteiger partial charge in [-0.1, -0.05) is 243 Å². The van der Waals surface area contributed by atoms with Crippen molar-refractivity contribution in [2.75, 3.05) is 9.80 Å². The summed E-state index contributed by atoms with van der Waals surface area (Å²) < 4.78 is 7.81.